The molecule has 2 N–H and O–H groups in total. The van der Waals surface area contributed by atoms with Gasteiger partial charge in [0.15, 0.2) is 0 Å². The molecule has 0 aliphatic rings. The molecule has 63 valence electrons. The first-order valence-corrected chi connectivity index (χ1v) is 5.18. The zero-order chi connectivity index (χ0) is 9.28. The van der Waals surface area contributed by atoms with Crippen LogP contribution in [0, 0.1) is 0 Å². The van der Waals surface area contributed by atoms with E-state index in [1.165, 1.54) is 17.3 Å². The molecule has 5 heteroatoms. The molecular formula is C6H11O4Sn. The van der Waals surface area contributed by atoms with Crippen LogP contribution in [0.5, 0.6) is 0 Å². The Bertz CT molecular complexity index is 110. The van der Waals surface area contributed by atoms with E-state index in [0.717, 1.165) is 0 Å². The maximum atomic E-state index is 9.10. The topological polar surface area (TPSA) is 74.6 Å². The van der Waals surface area contributed by atoms with Crippen LogP contribution >= 0.6 is 0 Å². The van der Waals surface area contributed by atoms with Gasteiger partial charge < -0.3 is 10.2 Å². The summed E-state index contributed by atoms with van der Waals surface area (Å²) in [6.07, 6.45) is 2.80. The molecular weight excluding hydrogens is 255 g/mol. The van der Waals surface area contributed by atoms with Gasteiger partial charge in [-0.25, -0.2) is 9.59 Å². The summed E-state index contributed by atoms with van der Waals surface area (Å²) in [5.41, 5.74) is 0. The van der Waals surface area contributed by atoms with Crippen molar-refractivity contribution < 1.29 is 19.8 Å². The molecule has 0 atom stereocenters. The van der Waals surface area contributed by atoms with Gasteiger partial charge in [0.05, 0.1) is 0 Å². The van der Waals surface area contributed by atoms with Crippen molar-refractivity contribution in [2.75, 3.05) is 0 Å². The average molecular weight is 266 g/mol. The third-order valence-electron chi connectivity index (χ3n) is 0.713. The molecule has 3 radical (unpaired) electrons. The van der Waals surface area contributed by atoms with E-state index >= 15 is 0 Å². The molecule has 0 aliphatic carbocycles. The van der Waals surface area contributed by atoms with E-state index in [0.29, 0.717) is 0 Å². The van der Waals surface area contributed by atoms with Crippen molar-refractivity contribution in [3.05, 3.63) is 0 Å². The van der Waals surface area contributed by atoms with Crippen molar-refractivity contribution in [1.82, 2.24) is 0 Å². The zero-order valence-electron chi connectivity index (χ0n) is 6.33. The normalized spacial score (nSPS) is 7.82. The van der Waals surface area contributed by atoms with Crippen LogP contribution in [0.15, 0.2) is 0 Å². The molecule has 0 amide bonds. The number of unbranched alkanes of at least 4 members (excludes halogenated alkanes) is 1. The molecule has 0 aromatic carbocycles. The fourth-order valence-corrected chi connectivity index (χ4v) is 1.19. The first kappa shape index (κ1) is 13.3. The Morgan fingerprint density at radius 3 is 1.64 bits per heavy atom. The van der Waals surface area contributed by atoms with Crippen LogP contribution in [0.1, 0.15) is 19.8 Å². The summed E-state index contributed by atoms with van der Waals surface area (Å²) in [6.45, 7) is 2.23. The molecule has 0 heterocycles. The van der Waals surface area contributed by atoms with Crippen molar-refractivity contribution in [2.24, 2.45) is 0 Å². The molecule has 0 aliphatic heterocycles. The van der Waals surface area contributed by atoms with Crippen LogP contribution in [0.4, 0.5) is 0 Å². The Morgan fingerprint density at radius 1 is 1.27 bits per heavy atom. The van der Waals surface area contributed by atoms with Gasteiger partial charge >= 0.3 is 58.7 Å². The Kier molecular flexibility index (Phi) is 11.8. The minimum absolute atomic E-state index is 1.37. The van der Waals surface area contributed by atoms with Crippen LogP contribution in [0.25, 0.3) is 0 Å². The molecule has 0 aromatic heterocycles. The second-order valence-corrected chi connectivity index (χ2v) is 3.14. The van der Waals surface area contributed by atoms with Crippen molar-refractivity contribution in [2.45, 2.75) is 24.2 Å². The van der Waals surface area contributed by atoms with Gasteiger partial charge in [0.2, 0.25) is 0 Å². The molecule has 4 nitrogen and oxygen atoms in total. The number of hydrogen-bond donors (Lipinski definition) is 2. The van der Waals surface area contributed by atoms with Crippen LogP contribution in [0.3, 0.4) is 0 Å². The minimum Gasteiger partial charge on any atom is -0.473 e. The van der Waals surface area contributed by atoms with Gasteiger partial charge in [-0.05, 0) is 0 Å². The number of carboxylic acid groups (broad SMARTS) is 2. The SMILES string of the molecule is CCC[CH2][Sn].O=C(O)C(=O)O. The first-order chi connectivity index (χ1) is 5.06. The van der Waals surface area contributed by atoms with Gasteiger partial charge in [-0.2, -0.15) is 0 Å². The standard InChI is InChI=1S/C4H9.C2H2O4.Sn/c1-3-4-2;3-1(4)2(5)6;/h1,3-4H2,2H3;(H,3,4)(H,5,6);. The van der Waals surface area contributed by atoms with Crippen molar-refractivity contribution >= 4 is 34.5 Å². The molecule has 11 heavy (non-hydrogen) atoms. The number of aliphatic carboxylic acids is 2. The molecule has 0 saturated heterocycles. The predicted octanol–water partition coefficient (Wildman–Crippen LogP) is 0.529. The van der Waals surface area contributed by atoms with E-state index in [-0.39, 0.29) is 0 Å². The number of rotatable bonds is 2. The summed E-state index contributed by atoms with van der Waals surface area (Å²) < 4.78 is 1.43. The maximum absolute atomic E-state index is 9.10. The van der Waals surface area contributed by atoms with E-state index in [9.17, 15) is 0 Å². The smallest absolute Gasteiger partial charge is 0.414 e. The molecule has 0 spiro atoms. The van der Waals surface area contributed by atoms with Gasteiger partial charge in [0.25, 0.3) is 0 Å². The third-order valence-corrected chi connectivity index (χ3v) is 1.72. The predicted molar refractivity (Wildman–Crippen MR) is 40.7 cm³/mol. The van der Waals surface area contributed by atoms with Crippen molar-refractivity contribution in [1.29, 1.82) is 0 Å². The summed E-state index contributed by atoms with van der Waals surface area (Å²) in [7, 11) is 0. The van der Waals surface area contributed by atoms with Crippen LogP contribution in [-0.4, -0.2) is 44.7 Å². The summed E-state index contributed by atoms with van der Waals surface area (Å²) in [4.78, 5) is 18.2. The quantitative estimate of drug-likeness (QED) is 0.564. The summed E-state index contributed by atoms with van der Waals surface area (Å²) in [6, 6.07) is 0. The monoisotopic (exact) mass is 267 g/mol. The van der Waals surface area contributed by atoms with Crippen molar-refractivity contribution in [3.63, 3.8) is 0 Å². The van der Waals surface area contributed by atoms with Gasteiger partial charge in [0, 0.05) is 0 Å². The number of carboxylic acids is 2. The molecule has 0 bridgehead atoms. The minimum atomic E-state index is -1.82. The van der Waals surface area contributed by atoms with Crippen molar-refractivity contribution in [3.8, 4) is 0 Å². The van der Waals surface area contributed by atoms with Gasteiger partial charge in [0.1, 0.15) is 0 Å². The first-order valence-electron chi connectivity index (χ1n) is 3.17. The molecule has 0 fully saturated rings. The summed E-state index contributed by atoms with van der Waals surface area (Å²) in [5, 5.41) is 14.8. The van der Waals surface area contributed by atoms with E-state index in [1.807, 2.05) is 0 Å². The Balaban J connectivity index is 0. The largest absolute Gasteiger partial charge is 0.473 e. The van der Waals surface area contributed by atoms with Gasteiger partial charge in [-0.3, -0.25) is 0 Å². The van der Waals surface area contributed by atoms with Crippen LogP contribution in [-0.2, 0) is 9.59 Å². The van der Waals surface area contributed by atoms with Crippen LogP contribution < -0.4 is 0 Å². The fraction of sp³-hybridized carbons (Fsp3) is 0.667. The Labute approximate surface area is 78.7 Å². The third kappa shape index (κ3) is 17.7. The number of carbonyl (C=O) groups is 2. The van der Waals surface area contributed by atoms with Gasteiger partial charge in [-0.1, -0.05) is 0 Å². The maximum Gasteiger partial charge on any atom is 0.414 e. The summed E-state index contributed by atoms with van der Waals surface area (Å²) in [5.74, 6) is -3.65. The van der Waals surface area contributed by atoms with E-state index in [2.05, 4.69) is 6.92 Å². The fourth-order valence-electron chi connectivity index (χ4n) is 0.177. The Morgan fingerprint density at radius 2 is 1.64 bits per heavy atom. The zero-order valence-corrected chi connectivity index (χ0v) is 9.19. The second kappa shape index (κ2) is 9.74. The molecule has 0 unspecified atom stereocenters. The van der Waals surface area contributed by atoms with E-state index in [4.69, 9.17) is 19.8 Å². The Hall–Kier alpha value is -0.261. The van der Waals surface area contributed by atoms with E-state index in [1.54, 1.807) is 22.5 Å². The molecule has 0 rings (SSSR count). The van der Waals surface area contributed by atoms with E-state index < -0.39 is 11.9 Å². The summed E-state index contributed by atoms with van der Waals surface area (Å²) >= 11 is 1.68. The van der Waals surface area contributed by atoms with Crippen LogP contribution in [0.2, 0.25) is 4.44 Å². The molecule has 0 saturated carbocycles. The number of hydrogen-bond acceptors (Lipinski definition) is 2. The van der Waals surface area contributed by atoms with Gasteiger partial charge in [-0.15, -0.1) is 0 Å². The average Bonchev–Trinajstić information content (AvgIpc) is 1.90. The molecule has 0 aromatic rings. The second-order valence-electron chi connectivity index (χ2n) is 1.71.